The Kier molecular flexibility index (Phi) is 4.48. The summed E-state index contributed by atoms with van der Waals surface area (Å²) in [5.74, 6) is 0.934. The van der Waals surface area contributed by atoms with Crippen LogP contribution in [0.4, 0.5) is 0 Å². The van der Waals surface area contributed by atoms with Gasteiger partial charge in [-0.25, -0.2) is 0 Å². The molecule has 0 aromatic carbocycles. The highest BCUT2D eigenvalue weighted by Crippen LogP contribution is 2.50. The van der Waals surface area contributed by atoms with E-state index in [0.717, 1.165) is 12.3 Å². The average molecular weight is 295 g/mol. The Balaban J connectivity index is 1.50. The zero-order chi connectivity index (χ0) is 14.8. The Morgan fingerprint density at radius 1 is 1.19 bits per heavy atom. The molecule has 5 nitrogen and oxygen atoms in total. The number of morpholine rings is 1. The van der Waals surface area contributed by atoms with E-state index in [1.807, 2.05) is 4.90 Å². The van der Waals surface area contributed by atoms with Gasteiger partial charge in [0.1, 0.15) is 0 Å². The van der Waals surface area contributed by atoms with Gasteiger partial charge in [0.25, 0.3) is 0 Å². The molecule has 0 spiro atoms. The van der Waals surface area contributed by atoms with Gasteiger partial charge in [0.2, 0.25) is 5.91 Å². The van der Waals surface area contributed by atoms with E-state index in [4.69, 9.17) is 9.84 Å². The average Bonchev–Trinajstić information content (AvgIpc) is 3.27. The van der Waals surface area contributed by atoms with Crippen LogP contribution in [0.15, 0.2) is 0 Å². The van der Waals surface area contributed by atoms with Gasteiger partial charge in [-0.05, 0) is 18.3 Å². The van der Waals surface area contributed by atoms with Crippen LogP contribution in [0.2, 0.25) is 0 Å². The minimum Gasteiger partial charge on any atom is -0.481 e. The van der Waals surface area contributed by atoms with Gasteiger partial charge in [0.15, 0.2) is 0 Å². The maximum Gasteiger partial charge on any atom is 0.306 e. The highest BCUT2D eigenvalue weighted by Gasteiger charge is 2.49. The molecule has 0 unspecified atom stereocenters. The van der Waals surface area contributed by atoms with Crippen LogP contribution in [-0.2, 0) is 14.3 Å². The number of amides is 1. The first-order chi connectivity index (χ1) is 10.1. The molecule has 0 aromatic rings. The molecule has 5 heteroatoms. The quantitative estimate of drug-likeness (QED) is 0.860. The summed E-state index contributed by atoms with van der Waals surface area (Å²) in [6.07, 6.45) is 7.26. The molecular formula is C16H25NO4. The van der Waals surface area contributed by atoms with Gasteiger partial charge < -0.3 is 14.7 Å². The molecule has 3 rings (SSSR count). The molecule has 3 fully saturated rings. The van der Waals surface area contributed by atoms with Crippen LogP contribution in [0.5, 0.6) is 0 Å². The second-order valence-electron chi connectivity index (χ2n) is 6.78. The second-order valence-corrected chi connectivity index (χ2v) is 6.78. The Hall–Kier alpha value is -1.10. The summed E-state index contributed by atoms with van der Waals surface area (Å²) in [5.41, 5.74) is 0. The Labute approximate surface area is 125 Å². The lowest BCUT2D eigenvalue weighted by Gasteiger charge is -2.33. The van der Waals surface area contributed by atoms with Gasteiger partial charge >= 0.3 is 5.97 Å². The maximum atomic E-state index is 12.6. The fourth-order valence-electron chi connectivity index (χ4n) is 4.05. The summed E-state index contributed by atoms with van der Waals surface area (Å²) in [6.45, 7) is 1.52. The number of carbonyl (C=O) groups is 2. The van der Waals surface area contributed by atoms with Gasteiger partial charge in [-0.3, -0.25) is 9.59 Å². The molecule has 0 bridgehead atoms. The van der Waals surface area contributed by atoms with Crippen molar-refractivity contribution in [2.45, 2.75) is 51.0 Å². The molecule has 3 atom stereocenters. The Morgan fingerprint density at radius 3 is 2.67 bits per heavy atom. The zero-order valence-electron chi connectivity index (χ0n) is 12.5. The third-order valence-corrected chi connectivity index (χ3v) is 5.27. The number of carbonyl (C=O) groups excluding carboxylic acids is 1. The van der Waals surface area contributed by atoms with Crippen molar-refractivity contribution >= 4 is 11.9 Å². The summed E-state index contributed by atoms with van der Waals surface area (Å²) in [7, 11) is 0. The third kappa shape index (κ3) is 3.57. The van der Waals surface area contributed by atoms with E-state index in [-0.39, 0.29) is 24.3 Å². The van der Waals surface area contributed by atoms with Crippen molar-refractivity contribution in [1.82, 2.24) is 4.90 Å². The van der Waals surface area contributed by atoms with Gasteiger partial charge in [0, 0.05) is 19.0 Å². The molecule has 1 N–H and O–H groups in total. The van der Waals surface area contributed by atoms with Crippen molar-refractivity contribution < 1.29 is 19.4 Å². The largest absolute Gasteiger partial charge is 0.481 e. The number of aliphatic carboxylic acids is 1. The molecule has 0 radical (unpaired) electrons. The lowest BCUT2D eigenvalue weighted by Crippen LogP contribution is -2.47. The predicted octanol–water partition coefficient (Wildman–Crippen LogP) is 1.90. The van der Waals surface area contributed by atoms with E-state index in [9.17, 15) is 9.59 Å². The van der Waals surface area contributed by atoms with E-state index >= 15 is 0 Å². The second kappa shape index (κ2) is 6.34. The van der Waals surface area contributed by atoms with E-state index in [1.165, 1.54) is 32.1 Å². The first-order valence-electron chi connectivity index (χ1n) is 8.27. The van der Waals surface area contributed by atoms with Crippen LogP contribution in [0.25, 0.3) is 0 Å². The standard InChI is InChI=1S/C16H25NO4/c18-15(19)8-12-10-17(6-7-21-12)16(20)14-9-13(14)11-4-2-1-3-5-11/h11-14H,1-10H2,(H,18,19)/t12-,13+,14-/m1/s1. The van der Waals surface area contributed by atoms with Crippen LogP contribution >= 0.6 is 0 Å². The van der Waals surface area contributed by atoms with E-state index < -0.39 is 5.97 Å². The molecule has 1 aliphatic heterocycles. The molecule has 2 saturated carbocycles. The van der Waals surface area contributed by atoms with Crippen LogP contribution in [-0.4, -0.2) is 47.7 Å². The van der Waals surface area contributed by atoms with Crippen LogP contribution in [0.3, 0.4) is 0 Å². The highest BCUT2D eigenvalue weighted by molar-refractivity contribution is 5.82. The normalized spacial score (nSPS) is 33.7. The number of ether oxygens (including phenoxy) is 1. The molecule has 1 saturated heterocycles. The lowest BCUT2D eigenvalue weighted by molar-refractivity contribution is -0.148. The van der Waals surface area contributed by atoms with E-state index in [1.54, 1.807) is 0 Å². The molecule has 2 aliphatic carbocycles. The Bertz CT molecular complexity index is 405. The monoisotopic (exact) mass is 295 g/mol. The smallest absolute Gasteiger partial charge is 0.306 e. The summed E-state index contributed by atoms with van der Waals surface area (Å²) in [6, 6.07) is 0. The molecule has 1 amide bonds. The summed E-state index contributed by atoms with van der Waals surface area (Å²) >= 11 is 0. The molecular weight excluding hydrogens is 270 g/mol. The highest BCUT2D eigenvalue weighted by atomic mass is 16.5. The van der Waals surface area contributed by atoms with Gasteiger partial charge in [-0.15, -0.1) is 0 Å². The molecule has 3 aliphatic rings. The van der Waals surface area contributed by atoms with Crippen molar-refractivity contribution in [3.8, 4) is 0 Å². The van der Waals surface area contributed by atoms with Gasteiger partial charge in [-0.1, -0.05) is 32.1 Å². The number of carboxylic acids is 1. The fraction of sp³-hybridized carbons (Fsp3) is 0.875. The van der Waals surface area contributed by atoms with Crippen molar-refractivity contribution in [2.24, 2.45) is 17.8 Å². The number of nitrogens with zero attached hydrogens (tertiary/aromatic N) is 1. The number of carboxylic acid groups (broad SMARTS) is 1. The van der Waals surface area contributed by atoms with E-state index in [0.29, 0.717) is 25.6 Å². The van der Waals surface area contributed by atoms with Crippen LogP contribution < -0.4 is 0 Å². The third-order valence-electron chi connectivity index (χ3n) is 5.27. The van der Waals surface area contributed by atoms with Crippen molar-refractivity contribution in [1.29, 1.82) is 0 Å². The minimum atomic E-state index is -0.860. The van der Waals surface area contributed by atoms with Crippen molar-refractivity contribution in [3.63, 3.8) is 0 Å². The molecule has 0 aromatic heterocycles. The zero-order valence-corrected chi connectivity index (χ0v) is 12.5. The number of hydrogen-bond acceptors (Lipinski definition) is 3. The van der Waals surface area contributed by atoms with Gasteiger partial charge in [-0.2, -0.15) is 0 Å². The summed E-state index contributed by atoms with van der Waals surface area (Å²) < 4.78 is 5.44. The molecule has 1 heterocycles. The van der Waals surface area contributed by atoms with Crippen LogP contribution in [0.1, 0.15) is 44.9 Å². The molecule has 21 heavy (non-hydrogen) atoms. The number of rotatable bonds is 4. The minimum absolute atomic E-state index is 0.0134. The number of hydrogen-bond donors (Lipinski definition) is 1. The maximum absolute atomic E-state index is 12.6. The summed E-state index contributed by atoms with van der Waals surface area (Å²) in [4.78, 5) is 25.2. The van der Waals surface area contributed by atoms with Crippen LogP contribution in [0, 0.1) is 17.8 Å². The molecule has 118 valence electrons. The lowest BCUT2D eigenvalue weighted by atomic mass is 9.85. The Morgan fingerprint density at radius 2 is 1.95 bits per heavy atom. The van der Waals surface area contributed by atoms with Crippen molar-refractivity contribution in [3.05, 3.63) is 0 Å². The van der Waals surface area contributed by atoms with Gasteiger partial charge in [0.05, 0.1) is 19.1 Å². The van der Waals surface area contributed by atoms with E-state index in [2.05, 4.69) is 0 Å². The first kappa shape index (κ1) is 14.8. The predicted molar refractivity (Wildman–Crippen MR) is 76.7 cm³/mol. The SMILES string of the molecule is O=C(O)C[C@@H]1CN(C(=O)[C@@H]2C[C@H]2C2CCCCC2)CCO1. The first-order valence-corrected chi connectivity index (χ1v) is 8.27. The van der Waals surface area contributed by atoms with Crippen molar-refractivity contribution in [2.75, 3.05) is 19.7 Å². The fourth-order valence-corrected chi connectivity index (χ4v) is 4.05. The topological polar surface area (TPSA) is 66.8 Å². The summed E-state index contributed by atoms with van der Waals surface area (Å²) in [5, 5.41) is 8.84.